The third-order valence-electron chi connectivity index (χ3n) is 2.23. The minimum atomic E-state index is -1.08. The Kier molecular flexibility index (Phi) is 5.23. The zero-order chi connectivity index (χ0) is 13.6. The summed E-state index contributed by atoms with van der Waals surface area (Å²) in [7, 11) is -1.08. The van der Waals surface area contributed by atoms with E-state index in [2.05, 4.69) is 29.4 Å². The average molecular weight is 270 g/mol. The molecule has 0 amide bonds. The van der Waals surface area contributed by atoms with Crippen LogP contribution in [0.4, 0.5) is 0 Å². The van der Waals surface area contributed by atoms with Crippen molar-refractivity contribution in [3.63, 3.8) is 0 Å². The van der Waals surface area contributed by atoms with Crippen molar-refractivity contribution < 1.29 is 19.1 Å². The minimum absolute atomic E-state index is 0.0891. The van der Waals surface area contributed by atoms with E-state index in [1.165, 1.54) is 12.5 Å². The summed E-state index contributed by atoms with van der Waals surface area (Å²) >= 11 is 0. The molecule has 1 heterocycles. The van der Waals surface area contributed by atoms with Crippen molar-refractivity contribution in [1.29, 1.82) is 0 Å². The third-order valence-corrected chi connectivity index (χ3v) is 3.94. The lowest BCUT2D eigenvalue weighted by Gasteiger charge is -2.15. The Bertz CT molecular complexity index is 411. The highest BCUT2D eigenvalue weighted by atomic mass is 28.3. The molecule has 0 aromatic carbocycles. The lowest BCUT2D eigenvalue weighted by molar-refractivity contribution is -0.123. The molecule has 0 aliphatic rings. The van der Waals surface area contributed by atoms with E-state index in [0.29, 0.717) is 13.3 Å². The Labute approximate surface area is 107 Å². The molecule has 0 radical (unpaired) electrons. The van der Waals surface area contributed by atoms with Gasteiger partial charge in [0.2, 0.25) is 0 Å². The summed E-state index contributed by atoms with van der Waals surface area (Å²) in [5.74, 6) is -0.758. The molecule has 0 spiro atoms. The monoisotopic (exact) mass is 270 g/mol. The molecular formula is C11H18N2O4Si. The number of rotatable bonds is 7. The lowest BCUT2D eigenvalue weighted by atomic mass is 10.5. The fraction of sp³-hybridized carbons (Fsp3) is 0.545. The van der Waals surface area contributed by atoms with Gasteiger partial charge in [0.05, 0.1) is 6.33 Å². The molecule has 1 aromatic heterocycles. The molecule has 0 aliphatic heterocycles. The number of hydrogen-bond donors (Lipinski definition) is 0. The van der Waals surface area contributed by atoms with Crippen LogP contribution in [-0.2, 0) is 21.0 Å². The predicted molar refractivity (Wildman–Crippen MR) is 67.8 cm³/mol. The van der Waals surface area contributed by atoms with Crippen LogP contribution in [0, 0.1) is 0 Å². The topological polar surface area (TPSA) is 70.4 Å². The predicted octanol–water partition coefficient (Wildman–Crippen LogP) is 1.51. The maximum absolute atomic E-state index is 11.2. The maximum Gasteiger partial charge on any atom is 0.365 e. The molecule has 0 saturated carbocycles. The van der Waals surface area contributed by atoms with E-state index >= 15 is 0 Å². The van der Waals surface area contributed by atoms with Gasteiger partial charge < -0.3 is 14.0 Å². The molecule has 0 atom stereocenters. The molecule has 0 aliphatic carbocycles. The Morgan fingerprint density at radius 3 is 2.83 bits per heavy atom. The molecule has 1 rings (SSSR count). The third kappa shape index (κ3) is 5.24. The molecular weight excluding hydrogens is 252 g/mol. The van der Waals surface area contributed by atoms with E-state index in [9.17, 15) is 9.59 Å². The smallest absolute Gasteiger partial charge is 0.365 e. The molecule has 0 saturated heterocycles. The standard InChI is InChI=1S/C11H18N2O4Si/c1-18(2,3)5-4-16-8-13-6-10(12-7-13)11(15)17-9-14/h6-7,9H,4-5,8H2,1-3H3. The Morgan fingerprint density at radius 1 is 1.50 bits per heavy atom. The fourth-order valence-corrected chi connectivity index (χ4v) is 1.95. The van der Waals surface area contributed by atoms with Crippen molar-refractivity contribution in [2.75, 3.05) is 6.61 Å². The number of imidazole rings is 1. The summed E-state index contributed by atoms with van der Waals surface area (Å²) in [6.45, 7) is 7.96. The number of hydrogen-bond acceptors (Lipinski definition) is 5. The first kappa shape index (κ1) is 14.6. The van der Waals surface area contributed by atoms with E-state index in [4.69, 9.17) is 4.74 Å². The SMILES string of the molecule is C[Si](C)(C)CCOCn1cnc(C(=O)OC=O)c1. The molecule has 6 nitrogen and oxygen atoms in total. The van der Waals surface area contributed by atoms with Crippen LogP contribution in [0.25, 0.3) is 0 Å². The van der Waals surface area contributed by atoms with Crippen molar-refractivity contribution >= 4 is 20.5 Å². The van der Waals surface area contributed by atoms with Gasteiger partial charge in [-0.15, -0.1) is 0 Å². The van der Waals surface area contributed by atoms with Crippen molar-refractivity contribution in [1.82, 2.24) is 9.55 Å². The largest absolute Gasteiger partial charge is 0.391 e. The van der Waals surface area contributed by atoms with Crippen LogP contribution in [-0.4, -0.2) is 36.7 Å². The summed E-state index contributed by atoms with van der Waals surface area (Å²) in [6, 6.07) is 1.09. The first-order chi connectivity index (χ1) is 8.42. The van der Waals surface area contributed by atoms with Gasteiger partial charge in [0, 0.05) is 20.9 Å². The Hall–Kier alpha value is -1.47. The van der Waals surface area contributed by atoms with Crippen LogP contribution in [0.2, 0.25) is 25.7 Å². The lowest BCUT2D eigenvalue weighted by Crippen LogP contribution is -2.21. The normalized spacial score (nSPS) is 11.3. The molecule has 7 heteroatoms. The number of carbonyl (C=O) groups excluding carboxylic acids is 2. The summed E-state index contributed by atoms with van der Waals surface area (Å²) in [5, 5.41) is 0. The minimum Gasteiger partial charge on any atom is -0.391 e. The van der Waals surface area contributed by atoms with Gasteiger partial charge >= 0.3 is 12.4 Å². The van der Waals surface area contributed by atoms with Crippen molar-refractivity contribution in [2.45, 2.75) is 32.4 Å². The summed E-state index contributed by atoms with van der Waals surface area (Å²) in [6.07, 6.45) is 2.95. The number of nitrogens with zero attached hydrogens (tertiary/aromatic N) is 2. The van der Waals surface area contributed by atoms with E-state index in [1.54, 1.807) is 4.57 Å². The van der Waals surface area contributed by atoms with Gasteiger partial charge in [0.15, 0.2) is 5.69 Å². The zero-order valence-electron chi connectivity index (χ0n) is 10.9. The van der Waals surface area contributed by atoms with E-state index in [-0.39, 0.29) is 12.2 Å². The average Bonchev–Trinajstić information content (AvgIpc) is 2.72. The number of carbonyl (C=O) groups is 2. The van der Waals surface area contributed by atoms with Crippen LogP contribution in [0.1, 0.15) is 10.5 Å². The van der Waals surface area contributed by atoms with E-state index in [0.717, 1.165) is 6.04 Å². The van der Waals surface area contributed by atoms with Gasteiger partial charge in [-0.25, -0.2) is 9.78 Å². The second kappa shape index (κ2) is 6.46. The molecule has 1 aromatic rings. The van der Waals surface area contributed by atoms with Crippen LogP contribution >= 0.6 is 0 Å². The summed E-state index contributed by atoms with van der Waals surface area (Å²) in [4.78, 5) is 25.0. The van der Waals surface area contributed by atoms with Gasteiger partial charge in [-0.3, -0.25) is 4.79 Å². The second-order valence-electron chi connectivity index (χ2n) is 5.12. The molecule has 0 bridgehead atoms. The van der Waals surface area contributed by atoms with Gasteiger partial charge in [-0.05, 0) is 6.04 Å². The Morgan fingerprint density at radius 2 is 2.22 bits per heavy atom. The molecule has 100 valence electrons. The van der Waals surface area contributed by atoms with Gasteiger partial charge in [-0.2, -0.15) is 0 Å². The number of esters is 1. The first-order valence-corrected chi connectivity index (χ1v) is 9.37. The molecule has 0 unspecified atom stereocenters. The molecule has 18 heavy (non-hydrogen) atoms. The van der Waals surface area contributed by atoms with Crippen molar-refractivity contribution in [3.8, 4) is 0 Å². The highest BCUT2D eigenvalue weighted by Crippen LogP contribution is 2.08. The highest BCUT2D eigenvalue weighted by molar-refractivity contribution is 6.76. The van der Waals surface area contributed by atoms with Crippen molar-refractivity contribution in [2.24, 2.45) is 0 Å². The Balaban J connectivity index is 2.36. The van der Waals surface area contributed by atoms with E-state index in [1.807, 2.05) is 0 Å². The van der Waals surface area contributed by atoms with Crippen LogP contribution in [0.15, 0.2) is 12.5 Å². The van der Waals surface area contributed by atoms with E-state index < -0.39 is 14.0 Å². The summed E-state index contributed by atoms with van der Waals surface area (Å²) < 4.78 is 11.3. The highest BCUT2D eigenvalue weighted by Gasteiger charge is 2.13. The number of ether oxygens (including phenoxy) is 2. The molecule has 0 N–H and O–H groups in total. The van der Waals surface area contributed by atoms with Crippen molar-refractivity contribution in [3.05, 3.63) is 18.2 Å². The van der Waals surface area contributed by atoms with Crippen LogP contribution < -0.4 is 0 Å². The van der Waals surface area contributed by atoms with Gasteiger partial charge in [0.1, 0.15) is 6.73 Å². The second-order valence-corrected chi connectivity index (χ2v) is 10.7. The number of aromatic nitrogens is 2. The van der Waals surface area contributed by atoms with Gasteiger partial charge in [0.25, 0.3) is 0 Å². The molecule has 0 fully saturated rings. The summed E-state index contributed by atoms with van der Waals surface area (Å²) in [5.41, 5.74) is 0.0934. The zero-order valence-corrected chi connectivity index (χ0v) is 11.9. The fourth-order valence-electron chi connectivity index (χ4n) is 1.19. The maximum atomic E-state index is 11.2. The van der Waals surface area contributed by atoms with Crippen LogP contribution in [0.3, 0.4) is 0 Å². The van der Waals surface area contributed by atoms with Gasteiger partial charge in [-0.1, -0.05) is 19.6 Å². The first-order valence-electron chi connectivity index (χ1n) is 5.66. The van der Waals surface area contributed by atoms with Crippen LogP contribution in [0.5, 0.6) is 0 Å². The quantitative estimate of drug-likeness (QED) is 0.247.